The van der Waals surface area contributed by atoms with Gasteiger partial charge in [0.1, 0.15) is 29.1 Å². The Bertz CT molecular complexity index is 1200. The molecular weight excluding hydrogens is 438 g/mol. The lowest BCUT2D eigenvalue weighted by Crippen LogP contribution is -2.45. The van der Waals surface area contributed by atoms with Crippen LogP contribution in [0.25, 0.3) is 0 Å². The lowest BCUT2D eigenvalue weighted by Gasteiger charge is -2.19. The second kappa shape index (κ2) is 9.88. The van der Waals surface area contributed by atoms with Crippen LogP contribution >= 0.6 is 0 Å². The number of ether oxygens (including phenoxy) is 1. The maximum Gasteiger partial charge on any atom is 0.243 e. The monoisotopic (exact) mass is 460 g/mol. The number of hydrogen-bond acceptors (Lipinski definition) is 4. The van der Waals surface area contributed by atoms with Crippen molar-refractivity contribution in [3.8, 4) is 5.75 Å². The lowest BCUT2D eigenvalue weighted by molar-refractivity contribution is -0.117. The van der Waals surface area contributed by atoms with Crippen LogP contribution in [0.4, 0.5) is 14.5 Å². The fourth-order valence-corrected chi connectivity index (χ4v) is 4.42. The second-order valence-electron chi connectivity index (χ2n) is 7.08. The molecule has 9 heteroatoms. The summed E-state index contributed by atoms with van der Waals surface area (Å²) >= 11 is 0. The molecule has 3 aromatic carbocycles. The third-order valence-corrected chi connectivity index (χ3v) is 6.25. The molecule has 2 N–H and O–H groups in total. The van der Waals surface area contributed by atoms with Crippen molar-refractivity contribution in [3.05, 3.63) is 89.5 Å². The van der Waals surface area contributed by atoms with Gasteiger partial charge in [0.2, 0.25) is 15.9 Å². The first-order valence-corrected chi connectivity index (χ1v) is 11.2. The third-order valence-electron chi connectivity index (χ3n) is 4.78. The van der Waals surface area contributed by atoms with Crippen LogP contribution in [-0.2, 0) is 21.2 Å². The molecule has 1 amide bonds. The van der Waals surface area contributed by atoms with E-state index in [4.69, 9.17) is 4.74 Å². The van der Waals surface area contributed by atoms with Gasteiger partial charge in [0.15, 0.2) is 0 Å². The van der Waals surface area contributed by atoms with Gasteiger partial charge in [0, 0.05) is 0 Å². The van der Waals surface area contributed by atoms with Crippen LogP contribution < -0.4 is 14.8 Å². The highest BCUT2D eigenvalue weighted by molar-refractivity contribution is 7.89. The molecule has 32 heavy (non-hydrogen) atoms. The molecule has 0 aliphatic carbocycles. The maximum absolute atomic E-state index is 14.0. The van der Waals surface area contributed by atoms with Crippen LogP contribution in [0.1, 0.15) is 11.1 Å². The number of nitrogens with one attached hydrogen (secondary N) is 2. The van der Waals surface area contributed by atoms with E-state index in [9.17, 15) is 22.0 Å². The van der Waals surface area contributed by atoms with Crippen molar-refractivity contribution in [2.75, 3.05) is 12.4 Å². The Morgan fingerprint density at radius 1 is 1.00 bits per heavy atom. The number of hydrogen-bond donors (Lipinski definition) is 2. The predicted molar refractivity (Wildman–Crippen MR) is 117 cm³/mol. The highest BCUT2D eigenvalue weighted by Gasteiger charge is 2.28. The summed E-state index contributed by atoms with van der Waals surface area (Å²) in [6.45, 7) is 1.69. The number of rotatable bonds is 8. The van der Waals surface area contributed by atoms with E-state index in [2.05, 4.69) is 10.0 Å². The molecular formula is C23H22F2N2O4S. The molecule has 0 saturated carbocycles. The molecule has 0 spiro atoms. The van der Waals surface area contributed by atoms with Gasteiger partial charge < -0.3 is 10.1 Å². The van der Waals surface area contributed by atoms with Gasteiger partial charge in [-0.2, -0.15) is 4.72 Å². The normalized spacial score (nSPS) is 12.2. The fourth-order valence-electron chi connectivity index (χ4n) is 3.14. The first kappa shape index (κ1) is 23.4. The molecule has 0 bridgehead atoms. The highest BCUT2D eigenvalue weighted by atomic mass is 32.2. The standard InChI is InChI=1S/C23H22F2N2O4S/c1-15-13-17(11-12-21(15)31-2)32(29,30)27-20(14-16-7-4-3-5-8-16)23(28)26-22-18(24)9-6-10-19(22)25/h3-13,20,27H,14H2,1-2H3,(H,26,28). The van der Waals surface area contributed by atoms with E-state index in [1.54, 1.807) is 37.3 Å². The van der Waals surface area contributed by atoms with E-state index >= 15 is 0 Å². The van der Waals surface area contributed by atoms with Gasteiger partial charge in [-0.25, -0.2) is 17.2 Å². The third kappa shape index (κ3) is 5.49. The molecule has 0 fully saturated rings. The minimum Gasteiger partial charge on any atom is -0.496 e. The van der Waals surface area contributed by atoms with Crippen molar-refractivity contribution in [2.24, 2.45) is 0 Å². The minimum absolute atomic E-state index is 0.0306. The van der Waals surface area contributed by atoms with Crippen LogP contribution in [0, 0.1) is 18.6 Å². The number of methoxy groups -OCH3 is 1. The molecule has 168 valence electrons. The Morgan fingerprint density at radius 2 is 1.66 bits per heavy atom. The zero-order chi connectivity index (χ0) is 23.3. The maximum atomic E-state index is 14.0. The molecule has 1 unspecified atom stereocenters. The molecule has 6 nitrogen and oxygen atoms in total. The van der Waals surface area contributed by atoms with Crippen LogP contribution in [0.2, 0.25) is 0 Å². The molecule has 0 heterocycles. The topological polar surface area (TPSA) is 84.5 Å². The molecule has 0 saturated heterocycles. The van der Waals surface area contributed by atoms with Gasteiger partial charge in [-0.1, -0.05) is 36.4 Å². The number of halogens is 2. The SMILES string of the molecule is COc1ccc(S(=O)(=O)NC(Cc2ccccc2)C(=O)Nc2c(F)cccc2F)cc1C. The zero-order valence-electron chi connectivity index (χ0n) is 17.4. The second-order valence-corrected chi connectivity index (χ2v) is 8.79. The summed E-state index contributed by atoms with van der Waals surface area (Å²) in [5.41, 5.74) is 0.609. The number of aryl methyl sites for hydroxylation is 1. The summed E-state index contributed by atoms with van der Waals surface area (Å²) in [6, 6.07) is 14.8. The lowest BCUT2D eigenvalue weighted by atomic mass is 10.1. The summed E-state index contributed by atoms with van der Waals surface area (Å²) in [4.78, 5) is 12.8. The van der Waals surface area contributed by atoms with Gasteiger partial charge in [0.05, 0.1) is 12.0 Å². The van der Waals surface area contributed by atoms with Gasteiger partial charge in [-0.05, 0) is 54.8 Å². The Balaban J connectivity index is 1.92. The molecule has 0 aromatic heterocycles. The molecule has 3 rings (SSSR count). The zero-order valence-corrected chi connectivity index (χ0v) is 18.2. The molecule has 0 aliphatic rings. The van der Waals surface area contributed by atoms with Gasteiger partial charge in [0.25, 0.3) is 0 Å². The van der Waals surface area contributed by atoms with Crippen LogP contribution in [0.5, 0.6) is 5.75 Å². The Kier molecular flexibility index (Phi) is 7.22. The van der Waals surface area contributed by atoms with Crippen molar-refractivity contribution in [2.45, 2.75) is 24.3 Å². The summed E-state index contributed by atoms with van der Waals surface area (Å²) in [5.74, 6) is -2.32. The van der Waals surface area contributed by atoms with E-state index in [0.29, 0.717) is 16.9 Å². The first-order valence-electron chi connectivity index (χ1n) is 9.67. The average molecular weight is 461 g/mol. The van der Waals surface area contributed by atoms with Crippen LogP contribution in [-0.4, -0.2) is 27.5 Å². The Morgan fingerprint density at radius 3 is 2.25 bits per heavy atom. The predicted octanol–water partition coefficient (Wildman–Crippen LogP) is 3.81. The summed E-state index contributed by atoms with van der Waals surface area (Å²) in [7, 11) is -2.67. The van der Waals surface area contributed by atoms with Crippen LogP contribution in [0.15, 0.2) is 71.6 Å². The number of para-hydroxylation sites is 1. The van der Waals surface area contributed by atoms with E-state index < -0.39 is 39.3 Å². The van der Waals surface area contributed by atoms with Crippen LogP contribution in [0.3, 0.4) is 0 Å². The van der Waals surface area contributed by atoms with E-state index in [1.165, 1.54) is 25.3 Å². The van der Waals surface area contributed by atoms with E-state index in [1.807, 2.05) is 0 Å². The highest BCUT2D eigenvalue weighted by Crippen LogP contribution is 2.22. The molecule has 1 atom stereocenters. The number of carbonyl (C=O) groups excluding carboxylic acids is 1. The van der Waals surface area contributed by atoms with Crippen molar-refractivity contribution < 1.29 is 26.7 Å². The van der Waals surface area contributed by atoms with Gasteiger partial charge in [-0.15, -0.1) is 0 Å². The summed E-state index contributed by atoms with van der Waals surface area (Å²) in [5, 5.41) is 2.17. The van der Waals surface area contributed by atoms with Crippen molar-refractivity contribution >= 4 is 21.6 Å². The van der Waals surface area contributed by atoms with Crippen molar-refractivity contribution in [3.63, 3.8) is 0 Å². The van der Waals surface area contributed by atoms with Gasteiger partial charge >= 0.3 is 0 Å². The number of anilines is 1. The molecule has 0 radical (unpaired) electrons. The summed E-state index contributed by atoms with van der Waals surface area (Å²) in [6.07, 6.45) is -0.0306. The first-order chi connectivity index (χ1) is 15.2. The quantitative estimate of drug-likeness (QED) is 0.536. The van der Waals surface area contributed by atoms with Crippen molar-refractivity contribution in [1.29, 1.82) is 0 Å². The molecule has 0 aliphatic heterocycles. The number of amides is 1. The smallest absolute Gasteiger partial charge is 0.243 e. The van der Waals surface area contributed by atoms with Crippen molar-refractivity contribution in [1.82, 2.24) is 4.72 Å². The number of sulfonamides is 1. The van der Waals surface area contributed by atoms with E-state index in [-0.39, 0.29) is 11.3 Å². The fraction of sp³-hybridized carbons (Fsp3) is 0.174. The molecule has 3 aromatic rings. The van der Waals surface area contributed by atoms with E-state index in [0.717, 1.165) is 18.2 Å². The van der Waals surface area contributed by atoms with Gasteiger partial charge in [-0.3, -0.25) is 4.79 Å². The Labute approximate surface area is 185 Å². The Hall–Kier alpha value is -3.30. The number of carbonyl (C=O) groups is 1. The minimum atomic E-state index is -4.14. The average Bonchev–Trinajstić information content (AvgIpc) is 2.76. The summed E-state index contributed by atoms with van der Waals surface area (Å²) < 4.78 is 61.5. The number of benzene rings is 3. The largest absolute Gasteiger partial charge is 0.496 e.